The molecular weight excluding hydrogens is 348 g/mol. The first-order valence-electron chi connectivity index (χ1n) is 9.83. The minimum Gasteiger partial charge on any atom is -0.497 e. The summed E-state index contributed by atoms with van der Waals surface area (Å²) < 4.78 is 17.9. The summed E-state index contributed by atoms with van der Waals surface area (Å²) in [6, 6.07) is 21.1. The van der Waals surface area contributed by atoms with E-state index in [0.717, 1.165) is 23.7 Å². The fourth-order valence-corrected chi connectivity index (χ4v) is 4.26. The first-order chi connectivity index (χ1) is 13.6. The number of aryl methyl sites for hydroxylation is 1. The fraction of sp³-hybridized carbons (Fsp3) is 0.280. The second-order valence-electron chi connectivity index (χ2n) is 7.82. The fourth-order valence-electron chi connectivity index (χ4n) is 4.26. The Morgan fingerprint density at radius 2 is 1.57 bits per heavy atom. The molecule has 0 fully saturated rings. The SMILES string of the molecule is COc1ccc([C@H]2Oc3cc4c(cc3C2C)O[C@H](c2ccc(C)cc2)C4)cc1. The molecule has 0 aliphatic carbocycles. The predicted octanol–water partition coefficient (Wildman–Crippen LogP) is 5.92. The first kappa shape index (κ1) is 17.2. The van der Waals surface area contributed by atoms with Crippen molar-refractivity contribution in [2.75, 3.05) is 7.11 Å². The van der Waals surface area contributed by atoms with Crippen molar-refractivity contribution < 1.29 is 14.2 Å². The molecule has 0 bridgehead atoms. The van der Waals surface area contributed by atoms with Gasteiger partial charge >= 0.3 is 0 Å². The van der Waals surface area contributed by atoms with Gasteiger partial charge in [0.05, 0.1) is 7.11 Å². The second kappa shape index (κ2) is 6.59. The van der Waals surface area contributed by atoms with Crippen molar-refractivity contribution in [3.05, 3.63) is 88.5 Å². The van der Waals surface area contributed by atoms with Gasteiger partial charge in [-0.2, -0.15) is 0 Å². The van der Waals surface area contributed by atoms with Gasteiger partial charge < -0.3 is 14.2 Å². The number of hydrogen-bond donors (Lipinski definition) is 0. The summed E-state index contributed by atoms with van der Waals surface area (Å²) in [6.07, 6.45) is 0.999. The zero-order valence-electron chi connectivity index (χ0n) is 16.4. The van der Waals surface area contributed by atoms with Crippen LogP contribution in [0.25, 0.3) is 0 Å². The normalized spacial score (nSPS) is 22.2. The lowest BCUT2D eigenvalue weighted by molar-refractivity contribution is 0.215. The van der Waals surface area contributed by atoms with Crippen LogP contribution < -0.4 is 14.2 Å². The number of methoxy groups -OCH3 is 1. The molecule has 142 valence electrons. The molecule has 2 aliphatic heterocycles. The highest BCUT2D eigenvalue weighted by molar-refractivity contribution is 5.53. The average molecular weight is 372 g/mol. The van der Waals surface area contributed by atoms with E-state index in [2.05, 4.69) is 62.4 Å². The Balaban J connectivity index is 1.39. The number of fused-ring (bicyclic) bond motifs is 2. The lowest BCUT2D eigenvalue weighted by Crippen LogP contribution is -2.07. The van der Waals surface area contributed by atoms with Crippen molar-refractivity contribution in [1.29, 1.82) is 0 Å². The Kier molecular flexibility index (Phi) is 4.04. The van der Waals surface area contributed by atoms with Gasteiger partial charge in [0.1, 0.15) is 29.5 Å². The monoisotopic (exact) mass is 372 g/mol. The van der Waals surface area contributed by atoms with Gasteiger partial charge in [0.25, 0.3) is 0 Å². The first-order valence-corrected chi connectivity index (χ1v) is 9.83. The molecule has 3 nitrogen and oxygen atoms in total. The van der Waals surface area contributed by atoms with Crippen LogP contribution >= 0.6 is 0 Å². The van der Waals surface area contributed by atoms with Crippen molar-refractivity contribution in [2.45, 2.75) is 38.4 Å². The van der Waals surface area contributed by atoms with Gasteiger partial charge in [-0.1, -0.05) is 48.9 Å². The smallest absolute Gasteiger partial charge is 0.130 e. The molecule has 3 aromatic rings. The zero-order chi connectivity index (χ0) is 19.3. The molecule has 2 heterocycles. The molecule has 0 spiro atoms. The third kappa shape index (κ3) is 2.82. The van der Waals surface area contributed by atoms with Crippen LogP contribution in [-0.4, -0.2) is 7.11 Å². The van der Waals surface area contributed by atoms with Gasteiger partial charge in [0.15, 0.2) is 0 Å². The highest BCUT2D eigenvalue weighted by Gasteiger charge is 2.35. The van der Waals surface area contributed by atoms with Gasteiger partial charge in [0, 0.05) is 23.5 Å². The second-order valence-corrected chi connectivity index (χ2v) is 7.82. The Morgan fingerprint density at radius 3 is 2.29 bits per heavy atom. The van der Waals surface area contributed by atoms with E-state index in [4.69, 9.17) is 14.2 Å². The summed E-state index contributed by atoms with van der Waals surface area (Å²) >= 11 is 0. The van der Waals surface area contributed by atoms with E-state index in [1.165, 1.54) is 27.8 Å². The number of rotatable bonds is 3. The minimum absolute atomic E-state index is 0.0244. The Morgan fingerprint density at radius 1 is 0.857 bits per heavy atom. The lowest BCUT2D eigenvalue weighted by Gasteiger charge is -2.16. The van der Waals surface area contributed by atoms with Crippen LogP contribution in [0, 0.1) is 6.92 Å². The molecule has 5 rings (SSSR count). The molecule has 0 N–H and O–H groups in total. The topological polar surface area (TPSA) is 27.7 Å². The van der Waals surface area contributed by atoms with Gasteiger partial charge in [-0.15, -0.1) is 0 Å². The van der Waals surface area contributed by atoms with Gasteiger partial charge in [0.2, 0.25) is 0 Å². The number of hydrogen-bond acceptors (Lipinski definition) is 3. The summed E-state index contributed by atoms with van der Waals surface area (Å²) in [5.74, 6) is 3.12. The van der Waals surface area contributed by atoms with Gasteiger partial charge in [-0.05, 0) is 42.3 Å². The lowest BCUT2D eigenvalue weighted by atomic mass is 9.92. The predicted molar refractivity (Wildman–Crippen MR) is 109 cm³/mol. The molecule has 0 saturated heterocycles. The van der Waals surface area contributed by atoms with E-state index < -0.39 is 0 Å². The number of ether oxygens (including phenoxy) is 3. The van der Waals surface area contributed by atoms with Crippen molar-refractivity contribution >= 4 is 0 Å². The molecule has 3 heteroatoms. The summed E-state index contributed by atoms with van der Waals surface area (Å²) in [5, 5.41) is 0. The highest BCUT2D eigenvalue weighted by atomic mass is 16.5. The summed E-state index contributed by atoms with van der Waals surface area (Å²) in [4.78, 5) is 0. The van der Waals surface area contributed by atoms with E-state index in [0.29, 0.717) is 0 Å². The van der Waals surface area contributed by atoms with Crippen molar-refractivity contribution in [3.63, 3.8) is 0 Å². The van der Waals surface area contributed by atoms with Crippen LogP contribution in [0.4, 0.5) is 0 Å². The maximum atomic E-state index is 6.36. The van der Waals surface area contributed by atoms with Crippen LogP contribution in [0.3, 0.4) is 0 Å². The molecule has 28 heavy (non-hydrogen) atoms. The Bertz CT molecular complexity index is 1010. The zero-order valence-corrected chi connectivity index (χ0v) is 16.4. The Hall–Kier alpha value is -2.94. The van der Waals surface area contributed by atoms with E-state index >= 15 is 0 Å². The van der Waals surface area contributed by atoms with Crippen LogP contribution in [0.1, 0.15) is 52.9 Å². The summed E-state index contributed by atoms with van der Waals surface area (Å²) in [5.41, 5.74) is 6.12. The van der Waals surface area contributed by atoms with Gasteiger partial charge in [-0.25, -0.2) is 0 Å². The molecule has 1 unspecified atom stereocenters. The molecule has 2 aliphatic rings. The Labute approximate surface area is 165 Å². The quantitative estimate of drug-likeness (QED) is 0.571. The van der Waals surface area contributed by atoms with Crippen LogP contribution in [0.15, 0.2) is 60.7 Å². The molecule has 0 aromatic heterocycles. The van der Waals surface area contributed by atoms with Crippen molar-refractivity contribution in [3.8, 4) is 17.2 Å². The summed E-state index contributed by atoms with van der Waals surface area (Å²) in [6.45, 7) is 4.33. The average Bonchev–Trinajstić information content (AvgIpc) is 3.28. The third-order valence-corrected chi connectivity index (χ3v) is 5.96. The van der Waals surface area contributed by atoms with E-state index in [1.807, 2.05) is 12.1 Å². The summed E-state index contributed by atoms with van der Waals surface area (Å²) in [7, 11) is 1.69. The molecule has 0 saturated carbocycles. The molecular formula is C25H24O3. The standard InChI is InChI=1S/C25H24O3/c1-15-4-6-17(7-5-15)22-12-19-13-24-21(14-23(19)27-22)16(2)25(28-24)18-8-10-20(26-3)11-9-18/h4-11,13-14,16,22,25H,12H2,1-3H3/t16?,22-,25-/m0/s1. The van der Waals surface area contributed by atoms with E-state index in [9.17, 15) is 0 Å². The highest BCUT2D eigenvalue weighted by Crippen LogP contribution is 2.50. The van der Waals surface area contributed by atoms with Crippen LogP contribution in [-0.2, 0) is 6.42 Å². The van der Waals surface area contributed by atoms with Gasteiger partial charge in [-0.3, -0.25) is 0 Å². The third-order valence-electron chi connectivity index (χ3n) is 5.96. The maximum absolute atomic E-state index is 6.36. The maximum Gasteiger partial charge on any atom is 0.130 e. The van der Waals surface area contributed by atoms with E-state index in [-0.39, 0.29) is 18.1 Å². The van der Waals surface area contributed by atoms with Crippen molar-refractivity contribution in [2.24, 2.45) is 0 Å². The number of benzene rings is 3. The largest absolute Gasteiger partial charge is 0.497 e. The van der Waals surface area contributed by atoms with Crippen molar-refractivity contribution in [1.82, 2.24) is 0 Å². The van der Waals surface area contributed by atoms with Crippen LogP contribution in [0.5, 0.6) is 17.2 Å². The molecule has 3 atom stereocenters. The molecule has 0 radical (unpaired) electrons. The molecule has 0 amide bonds. The minimum atomic E-state index is 0.0244. The molecule has 3 aromatic carbocycles. The van der Waals surface area contributed by atoms with Crippen LogP contribution in [0.2, 0.25) is 0 Å². The van der Waals surface area contributed by atoms with E-state index in [1.54, 1.807) is 7.11 Å².